The first-order valence-electron chi connectivity index (χ1n) is 4.02. The number of imidazole rings is 1. The minimum atomic E-state index is 0.679. The SMILES string of the molecule is Cc1cc(-c2c[nH]c(=S)[nH]2)c(C)s1. The Hall–Kier alpha value is -0.870. The van der Waals surface area contributed by atoms with Gasteiger partial charge in [-0.1, -0.05) is 0 Å². The fraction of sp³-hybridized carbons (Fsp3) is 0.222. The zero-order valence-electron chi connectivity index (χ0n) is 7.47. The van der Waals surface area contributed by atoms with Crippen LogP contribution in [0.2, 0.25) is 0 Å². The molecule has 0 saturated carbocycles. The maximum absolute atomic E-state index is 4.98. The Balaban J connectivity index is 2.57. The molecule has 0 aliphatic heterocycles. The average molecular weight is 210 g/mol. The van der Waals surface area contributed by atoms with E-state index in [2.05, 4.69) is 29.9 Å². The van der Waals surface area contributed by atoms with Crippen molar-refractivity contribution in [2.75, 3.05) is 0 Å². The average Bonchev–Trinajstić information content (AvgIpc) is 2.58. The van der Waals surface area contributed by atoms with Gasteiger partial charge in [0.1, 0.15) is 0 Å². The molecule has 13 heavy (non-hydrogen) atoms. The number of aromatic nitrogens is 2. The number of nitrogens with one attached hydrogen (secondary N) is 2. The zero-order chi connectivity index (χ0) is 9.42. The summed E-state index contributed by atoms with van der Waals surface area (Å²) < 4.78 is 0.679. The van der Waals surface area contributed by atoms with Gasteiger partial charge in [-0.05, 0) is 32.1 Å². The third kappa shape index (κ3) is 1.59. The lowest BCUT2D eigenvalue weighted by atomic mass is 10.2. The van der Waals surface area contributed by atoms with Gasteiger partial charge in [-0.15, -0.1) is 11.3 Å². The summed E-state index contributed by atoms with van der Waals surface area (Å²) in [6.45, 7) is 4.24. The van der Waals surface area contributed by atoms with Crippen LogP contribution in [0.4, 0.5) is 0 Å². The van der Waals surface area contributed by atoms with E-state index in [0.29, 0.717) is 4.77 Å². The molecular weight excluding hydrogens is 200 g/mol. The molecule has 0 aromatic carbocycles. The molecule has 2 aromatic heterocycles. The summed E-state index contributed by atoms with van der Waals surface area (Å²) in [6.07, 6.45) is 1.91. The van der Waals surface area contributed by atoms with Crippen molar-refractivity contribution in [3.63, 3.8) is 0 Å². The molecule has 0 aliphatic carbocycles. The molecule has 2 nitrogen and oxygen atoms in total. The van der Waals surface area contributed by atoms with Crippen molar-refractivity contribution in [3.8, 4) is 11.3 Å². The van der Waals surface area contributed by atoms with E-state index in [9.17, 15) is 0 Å². The Morgan fingerprint density at radius 3 is 2.62 bits per heavy atom. The number of H-pyrrole nitrogens is 2. The lowest BCUT2D eigenvalue weighted by Crippen LogP contribution is -1.74. The summed E-state index contributed by atoms with van der Waals surface area (Å²) >= 11 is 6.78. The summed E-state index contributed by atoms with van der Waals surface area (Å²) in [5, 5.41) is 0. The molecule has 2 N–H and O–H groups in total. The topological polar surface area (TPSA) is 31.6 Å². The Morgan fingerprint density at radius 2 is 2.15 bits per heavy atom. The molecule has 2 rings (SSSR count). The molecule has 0 unspecified atom stereocenters. The molecule has 0 bridgehead atoms. The van der Waals surface area contributed by atoms with Crippen molar-refractivity contribution >= 4 is 23.6 Å². The highest BCUT2D eigenvalue weighted by Gasteiger charge is 2.05. The molecule has 4 heteroatoms. The van der Waals surface area contributed by atoms with Crippen LogP contribution in [-0.4, -0.2) is 9.97 Å². The van der Waals surface area contributed by atoms with Crippen molar-refractivity contribution in [1.82, 2.24) is 9.97 Å². The van der Waals surface area contributed by atoms with E-state index in [1.807, 2.05) is 6.20 Å². The summed E-state index contributed by atoms with van der Waals surface area (Å²) in [6, 6.07) is 2.18. The molecule has 0 atom stereocenters. The Kier molecular flexibility index (Phi) is 2.09. The quantitative estimate of drug-likeness (QED) is 0.694. The van der Waals surface area contributed by atoms with Gasteiger partial charge in [0, 0.05) is 21.5 Å². The second-order valence-electron chi connectivity index (χ2n) is 2.98. The van der Waals surface area contributed by atoms with Crippen molar-refractivity contribution in [2.24, 2.45) is 0 Å². The van der Waals surface area contributed by atoms with E-state index < -0.39 is 0 Å². The van der Waals surface area contributed by atoms with Crippen molar-refractivity contribution < 1.29 is 0 Å². The molecule has 2 heterocycles. The normalized spacial score (nSPS) is 10.6. The number of hydrogen-bond donors (Lipinski definition) is 2. The van der Waals surface area contributed by atoms with E-state index in [0.717, 1.165) is 5.69 Å². The van der Waals surface area contributed by atoms with Crippen LogP contribution >= 0.6 is 23.6 Å². The smallest absolute Gasteiger partial charge is 0.174 e. The van der Waals surface area contributed by atoms with Crippen molar-refractivity contribution in [2.45, 2.75) is 13.8 Å². The first kappa shape index (κ1) is 8.72. The second-order valence-corrected chi connectivity index (χ2v) is 4.85. The van der Waals surface area contributed by atoms with Crippen LogP contribution in [0.1, 0.15) is 9.75 Å². The third-order valence-corrected chi connectivity index (χ3v) is 3.11. The van der Waals surface area contributed by atoms with E-state index in [4.69, 9.17) is 12.2 Å². The number of hydrogen-bond acceptors (Lipinski definition) is 2. The maximum Gasteiger partial charge on any atom is 0.174 e. The summed E-state index contributed by atoms with van der Waals surface area (Å²) in [5.41, 5.74) is 2.32. The Morgan fingerprint density at radius 1 is 1.38 bits per heavy atom. The number of aromatic amines is 2. The van der Waals surface area contributed by atoms with Gasteiger partial charge >= 0.3 is 0 Å². The monoisotopic (exact) mass is 210 g/mol. The summed E-state index contributed by atoms with van der Waals surface area (Å²) in [5.74, 6) is 0. The third-order valence-electron chi connectivity index (χ3n) is 1.93. The molecule has 0 saturated heterocycles. The highest BCUT2D eigenvalue weighted by atomic mass is 32.1. The van der Waals surface area contributed by atoms with Crippen LogP contribution in [0.5, 0.6) is 0 Å². The molecule has 2 aromatic rings. The highest BCUT2D eigenvalue weighted by Crippen LogP contribution is 2.28. The van der Waals surface area contributed by atoms with Crippen molar-refractivity contribution in [3.05, 3.63) is 26.8 Å². The lowest BCUT2D eigenvalue weighted by Gasteiger charge is -1.92. The molecule has 68 valence electrons. The second kappa shape index (κ2) is 3.12. The van der Waals surface area contributed by atoms with Gasteiger partial charge in [-0.3, -0.25) is 0 Å². The Labute approximate surface area is 85.6 Å². The van der Waals surface area contributed by atoms with Crippen LogP contribution in [0, 0.1) is 18.6 Å². The van der Waals surface area contributed by atoms with Crippen LogP contribution in [0.3, 0.4) is 0 Å². The van der Waals surface area contributed by atoms with E-state index in [1.54, 1.807) is 11.3 Å². The van der Waals surface area contributed by atoms with Gasteiger partial charge in [0.25, 0.3) is 0 Å². The van der Waals surface area contributed by atoms with Gasteiger partial charge in [0.2, 0.25) is 0 Å². The number of thiophene rings is 1. The Bertz CT molecular complexity index is 476. The zero-order valence-corrected chi connectivity index (χ0v) is 9.10. The van der Waals surface area contributed by atoms with E-state index in [-0.39, 0.29) is 0 Å². The predicted molar refractivity (Wildman–Crippen MR) is 58.8 cm³/mol. The fourth-order valence-electron chi connectivity index (χ4n) is 1.38. The minimum absolute atomic E-state index is 0.679. The largest absolute Gasteiger partial charge is 0.337 e. The van der Waals surface area contributed by atoms with Crippen LogP contribution in [0.25, 0.3) is 11.3 Å². The first-order valence-corrected chi connectivity index (χ1v) is 5.24. The van der Waals surface area contributed by atoms with Crippen LogP contribution < -0.4 is 0 Å². The summed E-state index contributed by atoms with van der Waals surface area (Å²) in [7, 11) is 0. The minimum Gasteiger partial charge on any atom is -0.337 e. The molecule has 0 fully saturated rings. The standard InChI is InChI=1S/C9H10N2S2/c1-5-3-7(6(2)13-5)8-4-10-9(12)11-8/h3-4H,1-2H3,(H2,10,11,12). The van der Waals surface area contributed by atoms with Gasteiger partial charge < -0.3 is 9.97 Å². The molecule has 0 radical (unpaired) electrons. The van der Waals surface area contributed by atoms with Crippen molar-refractivity contribution in [1.29, 1.82) is 0 Å². The molecular formula is C9H10N2S2. The van der Waals surface area contributed by atoms with Gasteiger partial charge in [-0.2, -0.15) is 0 Å². The van der Waals surface area contributed by atoms with E-state index >= 15 is 0 Å². The first-order chi connectivity index (χ1) is 6.16. The highest BCUT2D eigenvalue weighted by molar-refractivity contribution is 7.71. The maximum atomic E-state index is 4.98. The number of aryl methyl sites for hydroxylation is 2. The lowest BCUT2D eigenvalue weighted by molar-refractivity contribution is 1.27. The molecule has 0 aliphatic rings. The predicted octanol–water partition coefficient (Wildman–Crippen LogP) is 3.42. The van der Waals surface area contributed by atoms with Crippen LogP contribution in [0.15, 0.2) is 12.3 Å². The molecule has 0 spiro atoms. The van der Waals surface area contributed by atoms with Gasteiger partial charge in [0.15, 0.2) is 4.77 Å². The van der Waals surface area contributed by atoms with E-state index in [1.165, 1.54) is 15.3 Å². The fourth-order valence-corrected chi connectivity index (χ4v) is 2.48. The van der Waals surface area contributed by atoms with Gasteiger partial charge in [0.05, 0.1) is 5.69 Å². The van der Waals surface area contributed by atoms with Gasteiger partial charge in [-0.25, -0.2) is 0 Å². The molecule has 0 amide bonds. The summed E-state index contributed by atoms with van der Waals surface area (Å²) in [4.78, 5) is 8.73. The number of rotatable bonds is 1. The van der Waals surface area contributed by atoms with Crippen LogP contribution in [-0.2, 0) is 0 Å².